The first-order valence-corrected chi connectivity index (χ1v) is 6.71. The summed E-state index contributed by atoms with van der Waals surface area (Å²) >= 11 is 1.57. The van der Waals surface area contributed by atoms with Crippen molar-refractivity contribution in [2.45, 2.75) is 44.6 Å². The van der Waals surface area contributed by atoms with E-state index in [1.165, 1.54) is 0 Å². The van der Waals surface area contributed by atoms with Crippen LogP contribution >= 0.6 is 11.8 Å². The number of aromatic amines is 1. The van der Waals surface area contributed by atoms with Gasteiger partial charge in [0.25, 0.3) is 0 Å². The maximum atomic E-state index is 11.8. The van der Waals surface area contributed by atoms with Crippen LogP contribution in [-0.4, -0.2) is 32.8 Å². The first kappa shape index (κ1) is 12.3. The molecule has 0 atom stereocenters. The van der Waals surface area contributed by atoms with Crippen LogP contribution in [0.15, 0.2) is 5.16 Å². The summed E-state index contributed by atoms with van der Waals surface area (Å²) in [4.78, 5) is 21.1. The summed E-state index contributed by atoms with van der Waals surface area (Å²) in [5, 5.41) is 0.902. The summed E-state index contributed by atoms with van der Waals surface area (Å²) < 4.78 is 5.32. The zero-order chi connectivity index (χ0) is 12.6. The molecule has 0 aliphatic carbocycles. The van der Waals surface area contributed by atoms with Crippen molar-refractivity contribution in [3.05, 3.63) is 11.4 Å². The van der Waals surface area contributed by atoms with Crippen LogP contribution in [0.4, 0.5) is 4.79 Å². The lowest BCUT2D eigenvalue weighted by Crippen LogP contribution is -2.33. The Kier molecular flexibility index (Phi) is 3.07. The van der Waals surface area contributed by atoms with Gasteiger partial charge in [0, 0.05) is 0 Å². The van der Waals surface area contributed by atoms with E-state index in [1.807, 2.05) is 27.0 Å². The van der Waals surface area contributed by atoms with E-state index in [0.29, 0.717) is 13.1 Å². The van der Waals surface area contributed by atoms with Crippen LogP contribution in [0.25, 0.3) is 0 Å². The van der Waals surface area contributed by atoms with Crippen LogP contribution in [0.3, 0.4) is 0 Å². The maximum absolute atomic E-state index is 11.8. The van der Waals surface area contributed by atoms with Gasteiger partial charge in [0.15, 0.2) is 5.16 Å². The molecule has 1 aromatic heterocycles. The van der Waals surface area contributed by atoms with Crippen molar-refractivity contribution >= 4 is 17.9 Å². The number of amides is 1. The Morgan fingerprint density at radius 2 is 2.18 bits per heavy atom. The molecule has 2 heterocycles. The molecule has 0 bridgehead atoms. The fourth-order valence-corrected chi connectivity index (χ4v) is 2.09. The number of imidazole rings is 1. The van der Waals surface area contributed by atoms with Gasteiger partial charge in [0.2, 0.25) is 0 Å². The van der Waals surface area contributed by atoms with Gasteiger partial charge in [-0.1, -0.05) is 11.8 Å². The lowest BCUT2D eigenvalue weighted by atomic mass is 10.2. The molecular weight excluding hydrogens is 238 g/mol. The third-order valence-corrected chi connectivity index (χ3v) is 2.96. The predicted octanol–water partition coefficient (Wildman–Crippen LogP) is 2.38. The number of aromatic nitrogens is 2. The Balaban J connectivity index is 2.00. The number of H-pyrrole nitrogens is 1. The van der Waals surface area contributed by atoms with E-state index in [1.54, 1.807) is 16.7 Å². The molecule has 0 spiro atoms. The van der Waals surface area contributed by atoms with E-state index in [9.17, 15) is 4.79 Å². The second kappa shape index (κ2) is 4.25. The van der Waals surface area contributed by atoms with E-state index in [0.717, 1.165) is 16.5 Å². The smallest absolute Gasteiger partial charge is 0.410 e. The highest BCUT2D eigenvalue weighted by molar-refractivity contribution is 7.98. The van der Waals surface area contributed by atoms with Crippen LogP contribution in [0.1, 0.15) is 32.2 Å². The van der Waals surface area contributed by atoms with Gasteiger partial charge in [0.05, 0.1) is 24.5 Å². The molecule has 94 valence electrons. The Labute approximate surface area is 105 Å². The summed E-state index contributed by atoms with van der Waals surface area (Å²) in [6, 6.07) is 0. The van der Waals surface area contributed by atoms with Crippen molar-refractivity contribution < 1.29 is 9.53 Å². The van der Waals surface area contributed by atoms with Crippen molar-refractivity contribution in [1.29, 1.82) is 0 Å². The number of hydrogen-bond donors (Lipinski definition) is 1. The van der Waals surface area contributed by atoms with Gasteiger partial charge < -0.3 is 9.72 Å². The monoisotopic (exact) mass is 255 g/mol. The number of carbonyl (C=O) groups excluding carboxylic acids is 1. The molecule has 5 nitrogen and oxygen atoms in total. The summed E-state index contributed by atoms with van der Waals surface area (Å²) in [5.41, 5.74) is 1.51. The van der Waals surface area contributed by atoms with Crippen molar-refractivity contribution in [3.63, 3.8) is 0 Å². The topological polar surface area (TPSA) is 58.2 Å². The second-order valence-electron chi connectivity index (χ2n) is 5.01. The molecule has 17 heavy (non-hydrogen) atoms. The number of fused-ring (bicyclic) bond motifs is 1. The third-order valence-electron chi connectivity index (χ3n) is 2.38. The maximum Gasteiger partial charge on any atom is 0.410 e. The molecule has 1 aromatic rings. The largest absolute Gasteiger partial charge is 0.444 e. The quantitative estimate of drug-likeness (QED) is 0.783. The molecule has 1 aliphatic heterocycles. The minimum atomic E-state index is -0.453. The van der Waals surface area contributed by atoms with E-state index in [4.69, 9.17) is 4.74 Å². The molecular formula is C11H17N3O2S. The van der Waals surface area contributed by atoms with E-state index in [2.05, 4.69) is 9.97 Å². The second-order valence-corrected chi connectivity index (χ2v) is 5.80. The number of rotatable bonds is 1. The van der Waals surface area contributed by atoms with Crippen LogP contribution in [0, 0.1) is 0 Å². The summed E-state index contributed by atoms with van der Waals surface area (Å²) in [6.07, 6.45) is 1.69. The predicted molar refractivity (Wildman–Crippen MR) is 65.8 cm³/mol. The van der Waals surface area contributed by atoms with Crippen LogP contribution in [-0.2, 0) is 17.8 Å². The number of hydrogen-bond acceptors (Lipinski definition) is 4. The fraction of sp³-hybridized carbons (Fsp3) is 0.636. The lowest BCUT2D eigenvalue weighted by molar-refractivity contribution is 0.0238. The van der Waals surface area contributed by atoms with Crippen LogP contribution in [0.2, 0.25) is 0 Å². The molecule has 1 N–H and O–H groups in total. The molecule has 0 radical (unpaired) electrons. The highest BCUT2D eigenvalue weighted by Crippen LogP contribution is 2.25. The van der Waals surface area contributed by atoms with Crippen molar-refractivity contribution in [2.75, 3.05) is 6.26 Å². The molecule has 0 saturated carbocycles. The van der Waals surface area contributed by atoms with Gasteiger partial charge in [-0.25, -0.2) is 9.78 Å². The van der Waals surface area contributed by atoms with Crippen molar-refractivity contribution in [2.24, 2.45) is 0 Å². The average Bonchev–Trinajstić information content (AvgIpc) is 2.70. The van der Waals surface area contributed by atoms with Crippen molar-refractivity contribution in [1.82, 2.24) is 14.9 Å². The summed E-state index contributed by atoms with van der Waals surface area (Å²) in [6.45, 7) is 6.68. The number of nitrogens with one attached hydrogen (secondary N) is 1. The van der Waals surface area contributed by atoms with Gasteiger partial charge in [-0.15, -0.1) is 0 Å². The summed E-state index contributed by atoms with van der Waals surface area (Å²) in [7, 11) is 0. The zero-order valence-corrected chi connectivity index (χ0v) is 11.3. The third kappa shape index (κ3) is 2.74. The molecule has 1 amide bonds. The highest BCUT2D eigenvalue weighted by atomic mass is 32.2. The number of carbonyl (C=O) groups is 1. The van der Waals surface area contributed by atoms with Crippen LogP contribution < -0.4 is 0 Å². The molecule has 2 rings (SSSR count). The van der Waals surface area contributed by atoms with Gasteiger partial charge in [0.1, 0.15) is 5.60 Å². The Hall–Kier alpha value is -1.17. The Morgan fingerprint density at radius 1 is 1.47 bits per heavy atom. The molecule has 0 saturated heterocycles. The standard InChI is InChI=1S/C11H17N3O2S/c1-11(2,3)16-10(15)14-5-7-8(6-14)13-9(12-7)17-4/h5-6H2,1-4H3,(H,12,13). The highest BCUT2D eigenvalue weighted by Gasteiger charge is 2.30. The molecule has 0 fully saturated rings. The first-order chi connectivity index (χ1) is 7.89. The molecule has 1 aliphatic rings. The van der Waals surface area contributed by atoms with Crippen LogP contribution in [0.5, 0.6) is 0 Å². The minimum absolute atomic E-state index is 0.283. The Morgan fingerprint density at radius 3 is 2.71 bits per heavy atom. The van der Waals surface area contributed by atoms with Gasteiger partial charge in [-0.3, -0.25) is 4.90 Å². The zero-order valence-electron chi connectivity index (χ0n) is 10.5. The fourth-order valence-electron chi connectivity index (χ4n) is 1.66. The molecule has 6 heteroatoms. The minimum Gasteiger partial charge on any atom is -0.444 e. The summed E-state index contributed by atoms with van der Waals surface area (Å²) in [5.74, 6) is 0. The van der Waals surface area contributed by atoms with Gasteiger partial charge >= 0.3 is 6.09 Å². The normalized spacial score (nSPS) is 14.9. The molecule has 0 unspecified atom stereocenters. The average molecular weight is 255 g/mol. The lowest BCUT2D eigenvalue weighted by Gasteiger charge is -2.24. The first-order valence-electron chi connectivity index (χ1n) is 5.49. The van der Waals surface area contributed by atoms with Gasteiger partial charge in [-0.05, 0) is 27.0 Å². The van der Waals surface area contributed by atoms with E-state index in [-0.39, 0.29) is 6.09 Å². The van der Waals surface area contributed by atoms with E-state index >= 15 is 0 Å². The SMILES string of the molecule is CSc1nc2c([nH]1)CN(C(=O)OC(C)(C)C)C2. The van der Waals surface area contributed by atoms with Crippen molar-refractivity contribution in [3.8, 4) is 0 Å². The molecule has 0 aromatic carbocycles. The van der Waals surface area contributed by atoms with E-state index < -0.39 is 5.60 Å². The number of nitrogens with zero attached hydrogens (tertiary/aromatic N) is 2. The number of thioether (sulfide) groups is 1. The van der Waals surface area contributed by atoms with Gasteiger partial charge in [-0.2, -0.15) is 0 Å². The number of ether oxygens (including phenoxy) is 1. The Bertz CT molecular complexity index is 413.